The lowest BCUT2D eigenvalue weighted by atomic mass is 10.3. The number of carbonyl (C=O) groups excluding carboxylic acids is 1. The first-order valence-electron chi connectivity index (χ1n) is 6.19. The van der Waals surface area contributed by atoms with Crippen molar-refractivity contribution in [1.29, 1.82) is 0 Å². The van der Waals surface area contributed by atoms with Crippen molar-refractivity contribution in [3.05, 3.63) is 58.6 Å². The molecule has 5 heteroatoms. The molecule has 20 heavy (non-hydrogen) atoms. The van der Waals surface area contributed by atoms with Crippen molar-refractivity contribution in [1.82, 2.24) is 0 Å². The van der Waals surface area contributed by atoms with Gasteiger partial charge in [-0.2, -0.15) is 0 Å². The highest BCUT2D eigenvalue weighted by Gasteiger charge is 2.05. The second kappa shape index (κ2) is 7.17. The summed E-state index contributed by atoms with van der Waals surface area (Å²) in [6.45, 7) is 0.500. The monoisotopic (exact) mass is 308 g/mol. The summed E-state index contributed by atoms with van der Waals surface area (Å²) in [4.78, 5) is 11.8. The van der Waals surface area contributed by atoms with Gasteiger partial charge in [0.05, 0.1) is 21.4 Å². The van der Waals surface area contributed by atoms with Crippen molar-refractivity contribution < 1.29 is 4.79 Å². The van der Waals surface area contributed by atoms with Crippen molar-refractivity contribution in [3.63, 3.8) is 0 Å². The first-order valence-corrected chi connectivity index (χ1v) is 6.95. The van der Waals surface area contributed by atoms with Gasteiger partial charge in [0.2, 0.25) is 5.91 Å². The van der Waals surface area contributed by atoms with Crippen LogP contribution >= 0.6 is 23.2 Å². The van der Waals surface area contributed by atoms with Gasteiger partial charge in [0, 0.05) is 13.0 Å². The number of rotatable bonds is 5. The fourth-order valence-corrected chi connectivity index (χ4v) is 2.08. The van der Waals surface area contributed by atoms with Crippen LogP contribution in [0.15, 0.2) is 48.5 Å². The highest BCUT2D eigenvalue weighted by Crippen LogP contribution is 2.21. The molecule has 2 aromatic carbocycles. The molecule has 0 unspecified atom stereocenters. The van der Waals surface area contributed by atoms with E-state index in [1.807, 2.05) is 30.3 Å². The van der Waals surface area contributed by atoms with Gasteiger partial charge in [-0.15, -0.1) is 0 Å². The molecule has 2 N–H and O–H groups in total. The second-order valence-electron chi connectivity index (χ2n) is 4.18. The van der Waals surface area contributed by atoms with Crippen LogP contribution in [-0.4, -0.2) is 12.5 Å². The van der Waals surface area contributed by atoms with Gasteiger partial charge in [-0.3, -0.25) is 4.79 Å². The Morgan fingerprint density at radius 3 is 2.05 bits per heavy atom. The smallest absolute Gasteiger partial charge is 0.226 e. The van der Waals surface area contributed by atoms with Crippen LogP contribution < -0.4 is 10.6 Å². The zero-order chi connectivity index (χ0) is 14.4. The number of anilines is 2. The standard InChI is InChI=1S/C15H14Cl2N2O/c16-11-5-1-3-7-13(11)18-10-9-15(20)19-14-8-4-2-6-12(14)17/h1-8,18H,9-10H2,(H,19,20). The maximum atomic E-state index is 11.8. The Morgan fingerprint density at radius 1 is 0.900 bits per heavy atom. The van der Waals surface area contributed by atoms with Gasteiger partial charge in [0.1, 0.15) is 0 Å². The summed E-state index contributed by atoms with van der Waals surface area (Å²) in [5, 5.41) is 7.05. The predicted octanol–water partition coefficient (Wildman–Crippen LogP) is 4.43. The molecule has 0 heterocycles. The molecular weight excluding hydrogens is 295 g/mol. The molecule has 0 saturated heterocycles. The molecular formula is C15H14Cl2N2O. The number of nitrogens with one attached hydrogen (secondary N) is 2. The quantitative estimate of drug-likeness (QED) is 0.857. The van der Waals surface area contributed by atoms with Gasteiger partial charge in [-0.1, -0.05) is 47.5 Å². The number of halogens is 2. The minimum Gasteiger partial charge on any atom is -0.383 e. The lowest BCUT2D eigenvalue weighted by molar-refractivity contribution is -0.115. The zero-order valence-corrected chi connectivity index (χ0v) is 12.2. The maximum Gasteiger partial charge on any atom is 0.226 e. The number of hydrogen-bond acceptors (Lipinski definition) is 2. The van der Waals surface area contributed by atoms with E-state index < -0.39 is 0 Å². The Balaban J connectivity index is 1.82. The first kappa shape index (κ1) is 14.7. The van der Waals surface area contributed by atoms with Gasteiger partial charge in [-0.05, 0) is 24.3 Å². The van der Waals surface area contributed by atoms with Crippen molar-refractivity contribution in [3.8, 4) is 0 Å². The van der Waals surface area contributed by atoms with Gasteiger partial charge in [0.25, 0.3) is 0 Å². The van der Waals surface area contributed by atoms with E-state index in [0.29, 0.717) is 28.7 Å². The average Bonchev–Trinajstić information content (AvgIpc) is 2.43. The van der Waals surface area contributed by atoms with Crippen molar-refractivity contribution in [2.45, 2.75) is 6.42 Å². The number of para-hydroxylation sites is 2. The summed E-state index contributed by atoms with van der Waals surface area (Å²) in [7, 11) is 0. The molecule has 2 rings (SSSR count). The lowest BCUT2D eigenvalue weighted by Gasteiger charge is -2.09. The Kier molecular flexibility index (Phi) is 5.27. The van der Waals surface area contributed by atoms with E-state index in [2.05, 4.69) is 10.6 Å². The molecule has 0 fully saturated rings. The van der Waals surface area contributed by atoms with Crippen molar-refractivity contribution >= 4 is 40.5 Å². The van der Waals surface area contributed by atoms with Crippen LogP contribution in [0.5, 0.6) is 0 Å². The molecule has 0 spiro atoms. The minimum absolute atomic E-state index is 0.0994. The van der Waals surface area contributed by atoms with Crippen LogP contribution in [0.25, 0.3) is 0 Å². The third kappa shape index (κ3) is 4.15. The average molecular weight is 309 g/mol. The largest absolute Gasteiger partial charge is 0.383 e. The summed E-state index contributed by atoms with van der Waals surface area (Å²) >= 11 is 12.0. The molecule has 0 saturated carbocycles. The van der Waals surface area contributed by atoms with Crippen molar-refractivity contribution in [2.24, 2.45) is 0 Å². The SMILES string of the molecule is O=C(CCNc1ccccc1Cl)Nc1ccccc1Cl. The Morgan fingerprint density at radius 2 is 1.45 bits per heavy atom. The number of benzene rings is 2. The number of amides is 1. The molecule has 0 aliphatic rings. The summed E-state index contributed by atoms with van der Waals surface area (Å²) in [5.74, 6) is -0.0994. The maximum absolute atomic E-state index is 11.8. The van der Waals surface area contributed by atoms with Gasteiger partial charge >= 0.3 is 0 Å². The third-order valence-corrected chi connectivity index (χ3v) is 3.35. The minimum atomic E-state index is -0.0994. The predicted molar refractivity (Wildman–Crippen MR) is 84.6 cm³/mol. The van der Waals surface area contributed by atoms with Gasteiger partial charge in [0.15, 0.2) is 0 Å². The number of carbonyl (C=O) groups is 1. The van der Waals surface area contributed by atoms with E-state index >= 15 is 0 Å². The summed E-state index contributed by atoms with van der Waals surface area (Å²) in [6.07, 6.45) is 0.330. The zero-order valence-electron chi connectivity index (χ0n) is 10.7. The van der Waals surface area contributed by atoms with Crippen LogP contribution in [0.3, 0.4) is 0 Å². The van der Waals surface area contributed by atoms with Crippen LogP contribution in [0.2, 0.25) is 10.0 Å². The number of hydrogen-bond donors (Lipinski definition) is 2. The van der Waals surface area contributed by atoms with E-state index in [-0.39, 0.29) is 5.91 Å². The lowest BCUT2D eigenvalue weighted by Crippen LogP contribution is -2.16. The van der Waals surface area contributed by atoms with Gasteiger partial charge in [-0.25, -0.2) is 0 Å². The molecule has 3 nitrogen and oxygen atoms in total. The normalized spacial score (nSPS) is 10.1. The molecule has 0 aromatic heterocycles. The van der Waals surface area contributed by atoms with Crippen molar-refractivity contribution in [2.75, 3.05) is 17.2 Å². The molecule has 2 aromatic rings. The van der Waals surface area contributed by atoms with Crippen LogP contribution in [-0.2, 0) is 4.79 Å². The first-order chi connectivity index (χ1) is 9.66. The van der Waals surface area contributed by atoms with E-state index in [0.717, 1.165) is 5.69 Å². The molecule has 0 aliphatic heterocycles. The van der Waals surface area contributed by atoms with E-state index in [1.165, 1.54) is 0 Å². The van der Waals surface area contributed by atoms with Crippen LogP contribution in [0.1, 0.15) is 6.42 Å². The molecule has 0 radical (unpaired) electrons. The fraction of sp³-hybridized carbons (Fsp3) is 0.133. The van der Waals surface area contributed by atoms with Gasteiger partial charge < -0.3 is 10.6 Å². The molecule has 0 bridgehead atoms. The Hall–Kier alpha value is -1.71. The molecule has 104 valence electrons. The highest BCUT2D eigenvalue weighted by molar-refractivity contribution is 6.33. The van der Waals surface area contributed by atoms with E-state index in [4.69, 9.17) is 23.2 Å². The molecule has 0 aliphatic carbocycles. The van der Waals surface area contributed by atoms with E-state index in [9.17, 15) is 4.79 Å². The topological polar surface area (TPSA) is 41.1 Å². The Bertz CT molecular complexity index is 602. The summed E-state index contributed by atoms with van der Waals surface area (Å²) in [5.41, 5.74) is 1.44. The molecule has 0 atom stereocenters. The summed E-state index contributed by atoms with van der Waals surface area (Å²) < 4.78 is 0. The highest BCUT2D eigenvalue weighted by atomic mass is 35.5. The molecule has 1 amide bonds. The fourth-order valence-electron chi connectivity index (χ4n) is 1.69. The Labute approximate surface area is 127 Å². The van der Waals surface area contributed by atoms with Crippen LogP contribution in [0.4, 0.5) is 11.4 Å². The third-order valence-electron chi connectivity index (χ3n) is 2.69. The summed E-state index contributed by atoms with van der Waals surface area (Å²) in [6, 6.07) is 14.6. The second-order valence-corrected chi connectivity index (χ2v) is 5.00. The van der Waals surface area contributed by atoms with Crippen LogP contribution in [0, 0.1) is 0 Å². The van der Waals surface area contributed by atoms with E-state index in [1.54, 1.807) is 18.2 Å².